The van der Waals surface area contributed by atoms with Crippen LogP contribution in [0, 0.1) is 13.8 Å². The van der Waals surface area contributed by atoms with Crippen LogP contribution in [0.1, 0.15) is 41.9 Å². The van der Waals surface area contributed by atoms with E-state index < -0.39 is 0 Å². The Hall–Kier alpha value is -1.33. The molecule has 2 heterocycles. The standard InChI is InChI=1S/C16H25N3OS/c1-11-15(12(2)19(6)18-11)20-10-14-8-7-13(21-14)9-17-16(3,4)5/h7-8,17H,9-10H2,1-6H3. The largest absolute Gasteiger partial charge is 0.484 e. The minimum atomic E-state index is 0.143. The highest BCUT2D eigenvalue weighted by Gasteiger charge is 2.12. The summed E-state index contributed by atoms with van der Waals surface area (Å²) in [5, 5.41) is 7.87. The van der Waals surface area contributed by atoms with Gasteiger partial charge in [-0.15, -0.1) is 11.3 Å². The van der Waals surface area contributed by atoms with E-state index in [9.17, 15) is 0 Å². The van der Waals surface area contributed by atoms with Crippen molar-refractivity contribution >= 4 is 11.3 Å². The number of nitrogens with one attached hydrogen (secondary N) is 1. The van der Waals surface area contributed by atoms with Crippen LogP contribution >= 0.6 is 11.3 Å². The van der Waals surface area contributed by atoms with Crippen molar-refractivity contribution in [1.82, 2.24) is 15.1 Å². The second-order valence-corrected chi connectivity index (χ2v) is 7.64. The average molecular weight is 307 g/mol. The molecule has 21 heavy (non-hydrogen) atoms. The zero-order chi connectivity index (χ0) is 15.6. The van der Waals surface area contributed by atoms with Crippen molar-refractivity contribution in [2.75, 3.05) is 0 Å². The van der Waals surface area contributed by atoms with Crippen LogP contribution in [0.4, 0.5) is 0 Å². The van der Waals surface area contributed by atoms with Gasteiger partial charge in [-0.05, 0) is 46.8 Å². The van der Waals surface area contributed by atoms with Gasteiger partial charge in [-0.2, -0.15) is 5.10 Å². The quantitative estimate of drug-likeness (QED) is 0.918. The molecule has 0 bridgehead atoms. The molecule has 0 aliphatic rings. The minimum absolute atomic E-state index is 0.143. The molecule has 2 rings (SSSR count). The summed E-state index contributed by atoms with van der Waals surface area (Å²) in [4.78, 5) is 2.58. The summed E-state index contributed by atoms with van der Waals surface area (Å²) in [6, 6.07) is 4.32. The summed E-state index contributed by atoms with van der Waals surface area (Å²) >= 11 is 1.80. The number of nitrogens with zero attached hydrogens (tertiary/aromatic N) is 2. The Morgan fingerprint density at radius 1 is 1.24 bits per heavy atom. The van der Waals surface area contributed by atoms with Gasteiger partial charge in [-0.1, -0.05) is 0 Å². The average Bonchev–Trinajstić information content (AvgIpc) is 2.91. The van der Waals surface area contributed by atoms with Gasteiger partial charge in [0.15, 0.2) is 5.75 Å². The molecular formula is C16H25N3OS. The molecule has 0 saturated heterocycles. The molecule has 2 aromatic rings. The van der Waals surface area contributed by atoms with Crippen LogP contribution in [0.15, 0.2) is 12.1 Å². The van der Waals surface area contributed by atoms with E-state index in [1.807, 2.05) is 25.6 Å². The lowest BCUT2D eigenvalue weighted by Gasteiger charge is -2.19. The van der Waals surface area contributed by atoms with Crippen molar-refractivity contribution in [2.24, 2.45) is 7.05 Å². The van der Waals surface area contributed by atoms with Crippen LogP contribution < -0.4 is 10.1 Å². The second-order valence-electron chi connectivity index (χ2n) is 6.38. The lowest BCUT2D eigenvalue weighted by atomic mass is 10.1. The molecule has 0 aliphatic carbocycles. The number of aryl methyl sites for hydroxylation is 2. The fraction of sp³-hybridized carbons (Fsp3) is 0.562. The zero-order valence-electron chi connectivity index (χ0n) is 13.8. The van der Waals surface area contributed by atoms with Crippen LogP contribution in [0.3, 0.4) is 0 Å². The molecule has 1 N–H and O–H groups in total. The van der Waals surface area contributed by atoms with E-state index in [4.69, 9.17) is 4.74 Å². The van der Waals surface area contributed by atoms with E-state index in [2.05, 4.69) is 43.3 Å². The smallest absolute Gasteiger partial charge is 0.163 e. The molecule has 116 valence electrons. The first kappa shape index (κ1) is 16.0. The second kappa shape index (κ2) is 6.20. The Labute approximate surface area is 131 Å². The van der Waals surface area contributed by atoms with Gasteiger partial charge >= 0.3 is 0 Å². The predicted molar refractivity (Wildman–Crippen MR) is 87.9 cm³/mol. The van der Waals surface area contributed by atoms with Crippen LogP contribution in [-0.2, 0) is 20.2 Å². The van der Waals surface area contributed by atoms with Gasteiger partial charge in [-0.25, -0.2) is 0 Å². The molecular weight excluding hydrogens is 282 g/mol. The third-order valence-corrected chi connectivity index (χ3v) is 4.37. The van der Waals surface area contributed by atoms with E-state index >= 15 is 0 Å². The van der Waals surface area contributed by atoms with Gasteiger partial charge in [0.2, 0.25) is 0 Å². The van der Waals surface area contributed by atoms with Gasteiger partial charge in [0, 0.05) is 28.9 Å². The summed E-state index contributed by atoms with van der Waals surface area (Å²) in [7, 11) is 1.94. The van der Waals surface area contributed by atoms with E-state index in [0.717, 1.165) is 23.7 Å². The molecule has 0 saturated carbocycles. The van der Waals surface area contributed by atoms with Gasteiger partial charge in [0.1, 0.15) is 12.3 Å². The van der Waals surface area contributed by atoms with Gasteiger partial charge in [-0.3, -0.25) is 4.68 Å². The SMILES string of the molecule is Cc1nn(C)c(C)c1OCc1ccc(CNC(C)(C)C)s1. The molecule has 0 radical (unpaired) electrons. The topological polar surface area (TPSA) is 39.1 Å². The van der Waals surface area contributed by atoms with Gasteiger partial charge in [0.25, 0.3) is 0 Å². The van der Waals surface area contributed by atoms with Crippen molar-refractivity contribution < 1.29 is 4.74 Å². The summed E-state index contributed by atoms with van der Waals surface area (Å²) < 4.78 is 7.80. The van der Waals surface area contributed by atoms with Crippen LogP contribution in [0.2, 0.25) is 0 Å². The third-order valence-electron chi connectivity index (χ3n) is 3.31. The lowest BCUT2D eigenvalue weighted by Crippen LogP contribution is -2.34. The number of hydrogen-bond donors (Lipinski definition) is 1. The molecule has 5 heteroatoms. The Morgan fingerprint density at radius 2 is 1.90 bits per heavy atom. The van der Waals surface area contributed by atoms with E-state index in [1.165, 1.54) is 9.75 Å². The number of rotatable bonds is 5. The fourth-order valence-corrected chi connectivity index (χ4v) is 2.92. The first-order valence-electron chi connectivity index (χ1n) is 7.22. The van der Waals surface area contributed by atoms with Crippen molar-refractivity contribution in [3.63, 3.8) is 0 Å². The fourth-order valence-electron chi connectivity index (χ4n) is 2.05. The Kier molecular flexibility index (Phi) is 4.74. The molecule has 2 aromatic heterocycles. The monoisotopic (exact) mass is 307 g/mol. The minimum Gasteiger partial charge on any atom is -0.484 e. The van der Waals surface area contributed by atoms with Gasteiger partial charge in [0.05, 0.1) is 5.69 Å². The molecule has 0 atom stereocenters. The van der Waals surface area contributed by atoms with Crippen LogP contribution in [0.5, 0.6) is 5.75 Å². The highest BCUT2D eigenvalue weighted by atomic mass is 32.1. The van der Waals surface area contributed by atoms with Gasteiger partial charge < -0.3 is 10.1 Å². The van der Waals surface area contributed by atoms with Crippen LogP contribution in [0.25, 0.3) is 0 Å². The third kappa shape index (κ3) is 4.32. The maximum atomic E-state index is 5.94. The van der Waals surface area contributed by atoms with E-state index in [1.54, 1.807) is 11.3 Å². The summed E-state index contributed by atoms with van der Waals surface area (Å²) in [5.74, 6) is 0.903. The number of ether oxygens (including phenoxy) is 1. The van der Waals surface area contributed by atoms with Crippen LogP contribution in [-0.4, -0.2) is 15.3 Å². The molecule has 0 spiro atoms. The summed E-state index contributed by atoms with van der Waals surface area (Å²) in [6.45, 7) is 12.1. The highest BCUT2D eigenvalue weighted by molar-refractivity contribution is 7.11. The molecule has 4 nitrogen and oxygen atoms in total. The van der Waals surface area contributed by atoms with E-state index in [-0.39, 0.29) is 5.54 Å². The first-order valence-corrected chi connectivity index (χ1v) is 8.03. The number of thiophene rings is 1. The maximum absolute atomic E-state index is 5.94. The maximum Gasteiger partial charge on any atom is 0.163 e. The predicted octanol–water partition coefficient (Wildman–Crippen LogP) is 3.57. The Balaban J connectivity index is 1.94. The highest BCUT2D eigenvalue weighted by Crippen LogP contribution is 2.24. The van der Waals surface area contributed by atoms with Crippen molar-refractivity contribution in [3.8, 4) is 5.75 Å². The number of aromatic nitrogens is 2. The molecule has 0 aromatic carbocycles. The van der Waals surface area contributed by atoms with Crippen molar-refractivity contribution in [1.29, 1.82) is 0 Å². The first-order chi connectivity index (χ1) is 9.76. The van der Waals surface area contributed by atoms with E-state index in [0.29, 0.717) is 6.61 Å². The molecule has 0 amide bonds. The lowest BCUT2D eigenvalue weighted by molar-refractivity contribution is 0.305. The normalized spacial score (nSPS) is 11.9. The number of hydrogen-bond acceptors (Lipinski definition) is 4. The summed E-state index contributed by atoms with van der Waals surface area (Å²) in [6.07, 6.45) is 0. The summed E-state index contributed by atoms with van der Waals surface area (Å²) in [5.41, 5.74) is 2.16. The Morgan fingerprint density at radius 3 is 2.48 bits per heavy atom. The Bertz CT molecular complexity index is 608. The zero-order valence-corrected chi connectivity index (χ0v) is 14.6. The molecule has 0 unspecified atom stereocenters. The van der Waals surface area contributed by atoms with Crippen molar-refractivity contribution in [2.45, 2.75) is 53.3 Å². The molecule has 0 fully saturated rings. The van der Waals surface area contributed by atoms with Crippen molar-refractivity contribution in [3.05, 3.63) is 33.3 Å². The molecule has 0 aliphatic heterocycles.